The Bertz CT molecular complexity index is 385. The summed E-state index contributed by atoms with van der Waals surface area (Å²) in [6.45, 7) is 8.79. The molecule has 6 nitrogen and oxygen atoms in total. The van der Waals surface area contributed by atoms with Crippen molar-refractivity contribution in [1.29, 1.82) is 0 Å². The van der Waals surface area contributed by atoms with Crippen LogP contribution in [0.5, 0.6) is 0 Å². The maximum atomic E-state index is 5.91. The Labute approximate surface area is 121 Å². The number of piperidine rings is 1. The average Bonchev–Trinajstić information content (AvgIpc) is 2.87. The first kappa shape index (κ1) is 15.4. The van der Waals surface area contributed by atoms with Crippen LogP contribution in [0.2, 0.25) is 0 Å². The van der Waals surface area contributed by atoms with Gasteiger partial charge in [0, 0.05) is 31.9 Å². The van der Waals surface area contributed by atoms with Crippen molar-refractivity contribution < 1.29 is 4.74 Å². The lowest BCUT2D eigenvalue weighted by molar-refractivity contribution is 0.00770. The quantitative estimate of drug-likeness (QED) is 0.804. The first-order valence-electron chi connectivity index (χ1n) is 7.56. The molecule has 1 saturated heterocycles. The van der Waals surface area contributed by atoms with E-state index in [2.05, 4.69) is 41.4 Å². The number of nitrogens with zero attached hydrogens (tertiary/aromatic N) is 4. The molecule has 0 aliphatic carbocycles. The Morgan fingerprint density at radius 3 is 2.85 bits per heavy atom. The third-order valence-corrected chi connectivity index (χ3v) is 3.62. The maximum absolute atomic E-state index is 5.91. The fourth-order valence-corrected chi connectivity index (χ4v) is 2.30. The molecular weight excluding hydrogens is 254 g/mol. The van der Waals surface area contributed by atoms with Crippen molar-refractivity contribution >= 4 is 0 Å². The largest absolute Gasteiger partial charge is 0.376 e. The summed E-state index contributed by atoms with van der Waals surface area (Å²) in [6.07, 6.45) is 4.68. The first-order chi connectivity index (χ1) is 9.63. The first-order valence-corrected chi connectivity index (χ1v) is 7.56. The van der Waals surface area contributed by atoms with E-state index in [-0.39, 0.29) is 0 Å². The third kappa shape index (κ3) is 5.19. The van der Waals surface area contributed by atoms with Crippen LogP contribution >= 0.6 is 0 Å². The van der Waals surface area contributed by atoms with Gasteiger partial charge in [-0.1, -0.05) is 19.1 Å². The van der Waals surface area contributed by atoms with Gasteiger partial charge in [-0.15, -0.1) is 5.10 Å². The highest BCUT2D eigenvalue weighted by Gasteiger charge is 2.16. The van der Waals surface area contributed by atoms with Gasteiger partial charge in [0.2, 0.25) is 0 Å². The molecule has 1 aliphatic rings. The van der Waals surface area contributed by atoms with Crippen LogP contribution in [-0.2, 0) is 17.8 Å². The number of rotatable bonds is 7. The van der Waals surface area contributed by atoms with Gasteiger partial charge in [0.1, 0.15) is 0 Å². The summed E-state index contributed by atoms with van der Waals surface area (Å²) in [6, 6.07) is 0.466. The molecule has 0 atom stereocenters. The molecule has 1 aromatic rings. The zero-order chi connectivity index (χ0) is 14.4. The fraction of sp³-hybridized carbons (Fsp3) is 0.857. The highest BCUT2D eigenvalue weighted by molar-refractivity contribution is 4.91. The van der Waals surface area contributed by atoms with Crippen molar-refractivity contribution in [2.75, 3.05) is 26.7 Å². The number of aromatic nitrogens is 3. The molecule has 2 rings (SSSR count). The minimum absolute atomic E-state index is 0.414. The van der Waals surface area contributed by atoms with E-state index in [9.17, 15) is 0 Å². The van der Waals surface area contributed by atoms with E-state index in [0.29, 0.717) is 12.1 Å². The van der Waals surface area contributed by atoms with Gasteiger partial charge in [0.15, 0.2) is 0 Å². The van der Waals surface area contributed by atoms with Gasteiger partial charge in [-0.3, -0.25) is 0 Å². The molecule has 114 valence electrons. The van der Waals surface area contributed by atoms with Crippen molar-refractivity contribution in [2.45, 2.75) is 51.9 Å². The Morgan fingerprint density at radius 1 is 1.40 bits per heavy atom. The molecule has 0 radical (unpaired) electrons. The zero-order valence-corrected chi connectivity index (χ0v) is 12.9. The summed E-state index contributed by atoms with van der Waals surface area (Å²) in [5, 5.41) is 11.6. The molecule has 1 aliphatic heterocycles. The SMILES string of the molecule is CC(C)NCc1cn(CCOC2CCN(C)CC2)nn1. The minimum Gasteiger partial charge on any atom is -0.376 e. The minimum atomic E-state index is 0.414. The zero-order valence-electron chi connectivity index (χ0n) is 12.9. The van der Waals surface area contributed by atoms with Gasteiger partial charge < -0.3 is 15.0 Å². The molecule has 2 heterocycles. The van der Waals surface area contributed by atoms with Crippen LogP contribution in [0, 0.1) is 0 Å². The summed E-state index contributed by atoms with van der Waals surface area (Å²) in [4.78, 5) is 2.35. The number of hydrogen-bond acceptors (Lipinski definition) is 5. The molecule has 1 aromatic heterocycles. The Kier molecular flexibility index (Phi) is 5.94. The van der Waals surface area contributed by atoms with Crippen LogP contribution in [0.25, 0.3) is 0 Å². The van der Waals surface area contributed by atoms with Gasteiger partial charge >= 0.3 is 0 Å². The normalized spacial score (nSPS) is 18.0. The van der Waals surface area contributed by atoms with Crippen LogP contribution in [0.1, 0.15) is 32.4 Å². The van der Waals surface area contributed by atoms with Gasteiger partial charge in [-0.2, -0.15) is 0 Å². The standard InChI is InChI=1S/C14H27N5O/c1-12(2)15-10-13-11-19(17-16-13)8-9-20-14-4-6-18(3)7-5-14/h11-12,14-15H,4-10H2,1-3H3. The molecule has 1 N–H and O–H groups in total. The second kappa shape index (κ2) is 7.71. The van der Waals surface area contributed by atoms with Crippen molar-refractivity contribution in [2.24, 2.45) is 0 Å². The summed E-state index contributed by atoms with van der Waals surface area (Å²) in [5.74, 6) is 0. The van der Waals surface area contributed by atoms with Crippen molar-refractivity contribution in [3.8, 4) is 0 Å². The molecule has 0 unspecified atom stereocenters. The Hall–Kier alpha value is -0.980. The summed E-state index contributed by atoms with van der Waals surface area (Å²) >= 11 is 0. The van der Waals surface area contributed by atoms with E-state index in [1.165, 1.54) is 0 Å². The smallest absolute Gasteiger partial charge is 0.0964 e. The van der Waals surface area contributed by atoms with Crippen LogP contribution in [0.15, 0.2) is 6.20 Å². The highest BCUT2D eigenvalue weighted by Crippen LogP contribution is 2.11. The van der Waals surface area contributed by atoms with Crippen LogP contribution in [-0.4, -0.2) is 58.8 Å². The molecule has 0 saturated carbocycles. The predicted octanol–water partition coefficient (Wildman–Crippen LogP) is 0.887. The monoisotopic (exact) mass is 281 g/mol. The molecule has 6 heteroatoms. The molecule has 0 aromatic carbocycles. The highest BCUT2D eigenvalue weighted by atomic mass is 16.5. The second-order valence-electron chi connectivity index (χ2n) is 5.88. The van der Waals surface area contributed by atoms with Gasteiger partial charge in [0.05, 0.1) is 24.9 Å². The summed E-state index contributed by atoms with van der Waals surface area (Å²) in [7, 11) is 2.17. The molecule has 0 amide bonds. The summed E-state index contributed by atoms with van der Waals surface area (Å²) in [5.41, 5.74) is 0.984. The van der Waals surface area contributed by atoms with Gasteiger partial charge in [-0.05, 0) is 19.9 Å². The molecule has 1 fully saturated rings. The van der Waals surface area contributed by atoms with E-state index < -0.39 is 0 Å². The number of hydrogen-bond donors (Lipinski definition) is 1. The predicted molar refractivity (Wildman–Crippen MR) is 78.5 cm³/mol. The van der Waals surface area contributed by atoms with Crippen LogP contribution < -0.4 is 5.32 Å². The number of nitrogens with one attached hydrogen (secondary N) is 1. The third-order valence-electron chi connectivity index (χ3n) is 3.62. The lowest BCUT2D eigenvalue weighted by atomic mass is 10.1. The van der Waals surface area contributed by atoms with Crippen LogP contribution in [0.4, 0.5) is 0 Å². The second-order valence-corrected chi connectivity index (χ2v) is 5.88. The topological polar surface area (TPSA) is 55.2 Å². The summed E-state index contributed by atoms with van der Waals surface area (Å²) < 4.78 is 7.78. The van der Waals surface area contributed by atoms with Crippen molar-refractivity contribution in [3.05, 3.63) is 11.9 Å². The van der Waals surface area contributed by atoms with E-state index in [1.807, 2.05) is 10.9 Å². The van der Waals surface area contributed by atoms with E-state index >= 15 is 0 Å². The number of ether oxygens (including phenoxy) is 1. The van der Waals surface area contributed by atoms with Crippen LogP contribution in [0.3, 0.4) is 0 Å². The van der Waals surface area contributed by atoms with Gasteiger partial charge in [-0.25, -0.2) is 4.68 Å². The van der Waals surface area contributed by atoms with E-state index in [4.69, 9.17) is 4.74 Å². The molecular formula is C14H27N5O. The fourth-order valence-electron chi connectivity index (χ4n) is 2.30. The Morgan fingerprint density at radius 2 is 2.15 bits per heavy atom. The molecule has 0 bridgehead atoms. The van der Waals surface area contributed by atoms with Gasteiger partial charge in [0.25, 0.3) is 0 Å². The maximum Gasteiger partial charge on any atom is 0.0964 e. The van der Waals surface area contributed by atoms with E-state index in [1.54, 1.807) is 0 Å². The number of likely N-dealkylation sites (tertiary alicyclic amines) is 1. The average molecular weight is 281 g/mol. The lowest BCUT2D eigenvalue weighted by Gasteiger charge is -2.28. The molecule has 20 heavy (non-hydrogen) atoms. The molecule has 0 spiro atoms. The van der Waals surface area contributed by atoms with E-state index in [0.717, 1.165) is 51.3 Å². The van der Waals surface area contributed by atoms with Crippen molar-refractivity contribution in [3.63, 3.8) is 0 Å². The van der Waals surface area contributed by atoms with Crippen molar-refractivity contribution in [1.82, 2.24) is 25.2 Å². The lowest BCUT2D eigenvalue weighted by Crippen LogP contribution is -2.34. The Balaban J connectivity index is 1.64.